The third-order valence-corrected chi connectivity index (χ3v) is 2.55. The lowest BCUT2D eigenvalue weighted by Crippen LogP contribution is -2.17. The van der Waals surface area contributed by atoms with E-state index in [2.05, 4.69) is 20.0 Å². The molecule has 7 heteroatoms. The van der Waals surface area contributed by atoms with E-state index in [-0.39, 0.29) is 5.75 Å². The van der Waals surface area contributed by atoms with Crippen LogP contribution in [-0.4, -0.2) is 22.9 Å². The van der Waals surface area contributed by atoms with Gasteiger partial charge in [0.05, 0.1) is 5.69 Å². The molecule has 0 aliphatic carbocycles. The summed E-state index contributed by atoms with van der Waals surface area (Å²) in [5.41, 5.74) is 1.05. The summed E-state index contributed by atoms with van der Waals surface area (Å²) >= 11 is 0. The molecule has 1 aromatic carbocycles. The molecule has 112 valence electrons. The van der Waals surface area contributed by atoms with Crippen molar-refractivity contribution in [2.45, 2.75) is 19.7 Å². The zero-order valence-corrected chi connectivity index (χ0v) is 11.3. The van der Waals surface area contributed by atoms with Gasteiger partial charge in [-0.25, -0.2) is 9.97 Å². The summed E-state index contributed by atoms with van der Waals surface area (Å²) in [6.07, 6.45) is -2.24. The molecule has 0 fully saturated rings. The summed E-state index contributed by atoms with van der Waals surface area (Å²) in [6, 6.07) is 7.31. The standard InChI is InChI=1S/C14H14F3N3O/c1-2-7-18-13-19-8-6-12(20-13)10-4-3-5-11(9-10)21-14(15,16)17/h3-6,8-9H,2,7H2,1H3,(H,18,19,20). The maximum atomic E-state index is 12.2. The first-order chi connectivity index (χ1) is 9.98. The molecule has 0 amide bonds. The van der Waals surface area contributed by atoms with Gasteiger partial charge in [-0.15, -0.1) is 13.2 Å². The molecular formula is C14H14F3N3O. The summed E-state index contributed by atoms with van der Waals surface area (Å²) in [5, 5.41) is 3.02. The second kappa shape index (κ2) is 6.43. The van der Waals surface area contributed by atoms with Gasteiger partial charge >= 0.3 is 6.36 Å². The monoisotopic (exact) mass is 297 g/mol. The molecule has 4 nitrogen and oxygen atoms in total. The highest BCUT2D eigenvalue weighted by Crippen LogP contribution is 2.27. The zero-order chi connectivity index (χ0) is 15.3. The first-order valence-corrected chi connectivity index (χ1v) is 6.41. The number of halogens is 3. The Balaban J connectivity index is 2.23. The van der Waals surface area contributed by atoms with Gasteiger partial charge in [0.15, 0.2) is 0 Å². The Kier molecular flexibility index (Phi) is 4.62. The van der Waals surface area contributed by atoms with Gasteiger partial charge in [0, 0.05) is 18.3 Å². The maximum Gasteiger partial charge on any atom is 0.573 e. The minimum absolute atomic E-state index is 0.276. The van der Waals surface area contributed by atoms with Crippen LogP contribution < -0.4 is 10.1 Å². The number of ether oxygens (including phenoxy) is 1. The average molecular weight is 297 g/mol. The molecule has 0 aliphatic heterocycles. The molecule has 2 rings (SSSR count). The van der Waals surface area contributed by atoms with Gasteiger partial charge in [-0.3, -0.25) is 0 Å². The lowest BCUT2D eigenvalue weighted by atomic mass is 10.1. The van der Waals surface area contributed by atoms with Crippen molar-refractivity contribution in [3.63, 3.8) is 0 Å². The fourth-order valence-electron chi connectivity index (χ4n) is 1.69. The largest absolute Gasteiger partial charge is 0.573 e. The van der Waals surface area contributed by atoms with E-state index in [9.17, 15) is 13.2 Å². The zero-order valence-electron chi connectivity index (χ0n) is 11.3. The number of hydrogen-bond acceptors (Lipinski definition) is 4. The molecule has 0 atom stereocenters. The van der Waals surface area contributed by atoms with Gasteiger partial charge in [-0.1, -0.05) is 19.1 Å². The third kappa shape index (κ3) is 4.62. The van der Waals surface area contributed by atoms with Crippen LogP contribution in [0, 0.1) is 0 Å². The average Bonchev–Trinajstić information content (AvgIpc) is 2.44. The minimum atomic E-state index is -4.71. The number of anilines is 1. The smallest absolute Gasteiger partial charge is 0.406 e. The highest BCUT2D eigenvalue weighted by atomic mass is 19.4. The quantitative estimate of drug-likeness (QED) is 0.910. The van der Waals surface area contributed by atoms with E-state index in [0.717, 1.165) is 13.0 Å². The van der Waals surface area contributed by atoms with E-state index >= 15 is 0 Å². The normalized spacial score (nSPS) is 11.2. The molecule has 0 saturated heterocycles. The van der Waals surface area contributed by atoms with Gasteiger partial charge < -0.3 is 10.1 Å². The lowest BCUT2D eigenvalue weighted by molar-refractivity contribution is -0.274. The molecular weight excluding hydrogens is 283 g/mol. The number of nitrogens with one attached hydrogen (secondary N) is 1. The van der Waals surface area contributed by atoms with Crippen LogP contribution in [0.5, 0.6) is 5.75 Å². The predicted molar refractivity (Wildman–Crippen MR) is 72.9 cm³/mol. The molecule has 0 saturated carbocycles. The number of alkyl halides is 3. The van der Waals surface area contributed by atoms with Crippen LogP contribution in [0.25, 0.3) is 11.3 Å². The van der Waals surface area contributed by atoms with Crippen LogP contribution in [0.3, 0.4) is 0 Å². The number of rotatable bonds is 5. The van der Waals surface area contributed by atoms with Crippen LogP contribution in [0.1, 0.15) is 13.3 Å². The molecule has 0 aliphatic rings. The molecule has 1 aromatic heterocycles. The first-order valence-electron chi connectivity index (χ1n) is 6.41. The summed E-state index contributed by atoms with van der Waals surface area (Å²) in [7, 11) is 0. The van der Waals surface area contributed by atoms with Crippen LogP contribution in [0.2, 0.25) is 0 Å². The van der Waals surface area contributed by atoms with Crippen molar-refractivity contribution < 1.29 is 17.9 Å². The van der Waals surface area contributed by atoms with E-state index in [4.69, 9.17) is 0 Å². The molecule has 0 unspecified atom stereocenters. The Hall–Kier alpha value is -2.31. The van der Waals surface area contributed by atoms with Gasteiger partial charge in [0.1, 0.15) is 5.75 Å². The van der Waals surface area contributed by atoms with Gasteiger partial charge in [-0.05, 0) is 24.6 Å². The molecule has 1 heterocycles. The highest BCUT2D eigenvalue weighted by Gasteiger charge is 2.31. The van der Waals surface area contributed by atoms with Crippen molar-refractivity contribution in [2.75, 3.05) is 11.9 Å². The SMILES string of the molecule is CCCNc1nccc(-c2cccc(OC(F)(F)F)c2)n1. The Bertz CT molecular complexity index is 602. The Labute approximate surface area is 120 Å². The van der Waals surface area contributed by atoms with Crippen molar-refractivity contribution >= 4 is 5.95 Å². The predicted octanol–water partition coefficient (Wildman–Crippen LogP) is 3.86. The third-order valence-electron chi connectivity index (χ3n) is 2.55. The van der Waals surface area contributed by atoms with Crippen molar-refractivity contribution in [1.29, 1.82) is 0 Å². The fourth-order valence-corrected chi connectivity index (χ4v) is 1.69. The van der Waals surface area contributed by atoms with Crippen LogP contribution in [0.4, 0.5) is 19.1 Å². The van der Waals surface area contributed by atoms with E-state index in [0.29, 0.717) is 17.2 Å². The summed E-state index contributed by atoms with van der Waals surface area (Å²) in [5.74, 6) is 0.165. The van der Waals surface area contributed by atoms with E-state index in [1.165, 1.54) is 18.2 Å². The van der Waals surface area contributed by atoms with Gasteiger partial charge in [-0.2, -0.15) is 0 Å². The number of hydrogen-bond donors (Lipinski definition) is 1. The lowest BCUT2D eigenvalue weighted by Gasteiger charge is -2.10. The number of benzene rings is 1. The van der Waals surface area contributed by atoms with E-state index < -0.39 is 6.36 Å². The van der Waals surface area contributed by atoms with Crippen molar-refractivity contribution in [3.05, 3.63) is 36.5 Å². The molecule has 1 N–H and O–H groups in total. The summed E-state index contributed by atoms with van der Waals surface area (Å²) < 4.78 is 40.6. The fraction of sp³-hybridized carbons (Fsp3) is 0.286. The topological polar surface area (TPSA) is 47.0 Å². The number of aromatic nitrogens is 2. The minimum Gasteiger partial charge on any atom is -0.406 e. The molecule has 0 bridgehead atoms. The van der Waals surface area contributed by atoms with E-state index in [1.54, 1.807) is 18.3 Å². The van der Waals surface area contributed by atoms with E-state index in [1.807, 2.05) is 6.92 Å². The number of nitrogens with zero attached hydrogens (tertiary/aromatic N) is 2. The maximum absolute atomic E-state index is 12.2. The van der Waals surface area contributed by atoms with Gasteiger partial charge in [0.2, 0.25) is 5.95 Å². The molecule has 21 heavy (non-hydrogen) atoms. The van der Waals surface area contributed by atoms with Crippen molar-refractivity contribution in [2.24, 2.45) is 0 Å². The second-order valence-corrected chi connectivity index (χ2v) is 4.27. The van der Waals surface area contributed by atoms with Crippen LogP contribution in [0.15, 0.2) is 36.5 Å². The first kappa shape index (κ1) is 15.1. The highest BCUT2D eigenvalue weighted by molar-refractivity contribution is 5.61. The van der Waals surface area contributed by atoms with Crippen LogP contribution >= 0.6 is 0 Å². The van der Waals surface area contributed by atoms with Crippen LogP contribution in [-0.2, 0) is 0 Å². The Morgan fingerprint density at radius 1 is 1.24 bits per heavy atom. The summed E-state index contributed by atoms with van der Waals surface area (Å²) in [6.45, 7) is 2.73. The molecule has 2 aromatic rings. The van der Waals surface area contributed by atoms with Crippen molar-refractivity contribution in [1.82, 2.24) is 9.97 Å². The Morgan fingerprint density at radius 3 is 2.76 bits per heavy atom. The molecule has 0 radical (unpaired) electrons. The van der Waals surface area contributed by atoms with Crippen molar-refractivity contribution in [3.8, 4) is 17.0 Å². The summed E-state index contributed by atoms with van der Waals surface area (Å²) in [4.78, 5) is 8.31. The Morgan fingerprint density at radius 2 is 2.05 bits per heavy atom. The second-order valence-electron chi connectivity index (χ2n) is 4.27. The van der Waals surface area contributed by atoms with Gasteiger partial charge in [0.25, 0.3) is 0 Å². The molecule has 0 spiro atoms.